The first-order valence-electron chi connectivity index (χ1n) is 9.39. The highest BCUT2D eigenvalue weighted by atomic mass is 16.5. The number of methoxy groups -OCH3 is 1. The number of nitrogens with one attached hydrogen (secondary N) is 1. The lowest BCUT2D eigenvalue weighted by Crippen LogP contribution is -2.34. The molecule has 24 heavy (non-hydrogen) atoms. The molecule has 1 saturated carbocycles. The normalized spacial score (nSPS) is 22.0. The smallest absolute Gasteiger partial charge is 0.220 e. The van der Waals surface area contributed by atoms with Crippen LogP contribution in [0.3, 0.4) is 0 Å². The monoisotopic (exact) mass is 330 g/mol. The van der Waals surface area contributed by atoms with Crippen LogP contribution in [0.4, 0.5) is 0 Å². The number of rotatable bonds is 7. The number of carbonyl (C=O) groups is 1. The van der Waals surface area contributed by atoms with Crippen LogP contribution in [0.5, 0.6) is 5.75 Å². The van der Waals surface area contributed by atoms with E-state index in [0.717, 1.165) is 36.9 Å². The predicted molar refractivity (Wildman–Crippen MR) is 96.3 cm³/mol. The molecule has 132 valence electrons. The highest BCUT2D eigenvalue weighted by Gasteiger charge is 2.29. The van der Waals surface area contributed by atoms with E-state index in [9.17, 15) is 4.79 Å². The molecule has 1 aromatic rings. The average molecular weight is 330 g/mol. The number of aryl methyl sites for hydroxylation is 1. The number of hydrogen-bond donors (Lipinski definition) is 1. The Bertz CT molecular complexity index is 540. The maximum Gasteiger partial charge on any atom is 0.220 e. The van der Waals surface area contributed by atoms with Gasteiger partial charge in [0, 0.05) is 25.6 Å². The minimum Gasteiger partial charge on any atom is -0.496 e. The van der Waals surface area contributed by atoms with Crippen LogP contribution in [0, 0.1) is 5.92 Å². The van der Waals surface area contributed by atoms with Gasteiger partial charge in [-0.3, -0.25) is 4.79 Å². The molecule has 1 heterocycles. The summed E-state index contributed by atoms with van der Waals surface area (Å²) >= 11 is 0. The molecule has 4 heteroatoms. The molecule has 2 fully saturated rings. The topological polar surface area (TPSA) is 41.6 Å². The van der Waals surface area contributed by atoms with Crippen molar-refractivity contribution in [2.45, 2.75) is 51.0 Å². The molecule has 0 spiro atoms. The molecule has 1 aromatic carbocycles. The number of likely N-dealkylation sites (tertiary alicyclic amines) is 1. The van der Waals surface area contributed by atoms with Crippen molar-refractivity contribution in [2.24, 2.45) is 5.92 Å². The summed E-state index contributed by atoms with van der Waals surface area (Å²) in [5, 5.41) is 3.14. The second-order valence-corrected chi connectivity index (χ2v) is 7.20. The maximum atomic E-state index is 12.1. The molecular weight excluding hydrogens is 300 g/mol. The van der Waals surface area contributed by atoms with Crippen molar-refractivity contribution >= 4 is 5.91 Å². The van der Waals surface area contributed by atoms with Gasteiger partial charge in [0.25, 0.3) is 0 Å². The number of nitrogens with zero attached hydrogens (tertiary/aromatic N) is 1. The lowest BCUT2D eigenvalue weighted by atomic mass is 10.1. The summed E-state index contributed by atoms with van der Waals surface area (Å²) in [6.07, 6.45) is 8.02. The molecule has 1 aliphatic heterocycles. The number of hydrogen-bond acceptors (Lipinski definition) is 3. The summed E-state index contributed by atoms with van der Waals surface area (Å²) < 4.78 is 5.34. The zero-order valence-electron chi connectivity index (χ0n) is 14.8. The fraction of sp³-hybridized carbons (Fsp3) is 0.650. The molecular formula is C20H30N2O2. The van der Waals surface area contributed by atoms with Gasteiger partial charge in [0.05, 0.1) is 7.11 Å². The molecule has 0 bridgehead atoms. The molecule has 0 radical (unpaired) electrons. The minimum absolute atomic E-state index is 0.153. The van der Waals surface area contributed by atoms with E-state index in [1.54, 1.807) is 7.11 Å². The first kappa shape index (κ1) is 17.3. The van der Waals surface area contributed by atoms with Crippen LogP contribution in [0.25, 0.3) is 0 Å². The number of benzene rings is 1. The van der Waals surface area contributed by atoms with E-state index >= 15 is 0 Å². The minimum atomic E-state index is 0.153. The molecule has 4 nitrogen and oxygen atoms in total. The molecule has 3 rings (SSSR count). The van der Waals surface area contributed by atoms with Gasteiger partial charge in [0.2, 0.25) is 5.91 Å². The van der Waals surface area contributed by atoms with Gasteiger partial charge < -0.3 is 15.0 Å². The SMILES string of the molecule is COc1ccccc1CCC(=O)NC[C@@H]1CCN(C2CCCC2)C1. The highest BCUT2D eigenvalue weighted by Crippen LogP contribution is 2.28. The van der Waals surface area contributed by atoms with Crippen LogP contribution in [0.1, 0.15) is 44.1 Å². The molecule has 1 saturated heterocycles. The standard InChI is InChI=1S/C20H30N2O2/c1-24-19-9-5-2-6-17(19)10-11-20(23)21-14-16-12-13-22(15-16)18-7-3-4-8-18/h2,5-6,9,16,18H,3-4,7-8,10-15H2,1H3,(H,21,23)/t16-/m0/s1. The molecule has 1 aliphatic carbocycles. The Balaban J connectivity index is 1.37. The molecule has 2 aliphatic rings. The van der Waals surface area contributed by atoms with Gasteiger partial charge in [-0.1, -0.05) is 31.0 Å². The molecule has 1 atom stereocenters. The zero-order valence-corrected chi connectivity index (χ0v) is 14.8. The Hall–Kier alpha value is -1.55. The molecule has 0 aromatic heterocycles. The highest BCUT2D eigenvalue weighted by molar-refractivity contribution is 5.76. The largest absolute Gasteiger partial charge is 0.496 e. The summed E-state index contributed by atoms with van der Waals surface area (Å²) in [4.78, 5) is 14.8. The Morgan fingerprint density at radius 3 is 2.83 bits per heavy atom. The van der Waals surface area contributed by atoms with E-state index in [0.29, 0.717) is 12.3 Å². The van der Waals surface area contributed by atoms with Gasteiger partial charge in [-0.15, -0.1) is 0 Å². The van der Waals surface area contributed by atoms with E-state index in [1.807, 2.05) is 24.3 Å². The lowest BCUT2D eigenvalue weighted by Gasteiger charge is -2.23. The summed E-state index contributed by atoms with van der Waals surface area (Å²) in [7, 11) is 1.68. The zero-order chi connectivity index (χ0) is 16.8. The van der Waals surface area contributed by atoms with Gasteiger partial charge in [-0.25, -0.2) is 0 Å². The van der Waals surface area contributed by atoms with Gasteiger partial charge in [0.15, 0.2) is 0 Å². The fourth-order valence-corrected chi connectivity index (χ4v) is 4.13. The van der Waals surface area contributed by atoms with Crippen molar-refractivity contribution in [2.75, 3.05) is 26.7 Å². The maximum absolute atomic E-state index is 12.1. The molecule has 1 amide bonds. The summed E-state index contributed by atoms with van der Waals surface area (Å²) in [5.74, 6) is 1.65. The molecule has 0 unspecified atom stereocenters. The van der Waals surface area contributed by atoms with Crippen LogP contribution in [-0.2, 0) is 11.2 Å². The predicted octanol–water partition coefficient (Wildman–Crippen LogP) is 3.01. The Labute approximate surface area is 145 Å². The lowest BCUT2D eigenvalue weighted by molar-refractivity contribution is -0.121. The van der Waals surface area contributed by atoms with Crippen molar-refractivity contribution in [3.63, 3.8) is 0 Å². The Morgan fingerprint density at radius 2 is 2.04 bits per heavy atom. The van der Waals surface area contributed by atoms with Gasteiger partial charge in [0.1, 0.15) is 5.75 Å². The van der Waals surface area contributed by atoms with Crippen molar-refractivity contribution in [1.82, 2.24) is 10.2 Å². The van der Waals surface area contributed by atoms with Crippen molar-refractivity contribution in [1.29, 1.82) is 0 Å². The third-order valence-corrected chi connectivity index (χ3v) is 5.56. The van der Waals surface area contributed by atoms with E-state index < -0.39 is 0 Å². The van der Waals surface area contributed by atoms with Gasteiger partial charge >= 0.3 is 0 Å². The van der Waals surface area contributed by atoms with E-state index in [2.05, 4.69) is 10.2 Å². The third-order valence-electron chi connectivity index (χ3n) is 5.56. The number of amides is 1. The average Bonchev–Trinajstić information content (AvgIpc) is 3.29. The van der Waals surface area contributed by atoms with Crippen LogP contribution in [0.2, 0.25) is 0 Å². The van der Waals surface area contributed by atoms with E-state index in [4.69, 9.17) is 4.74 Å². The quantitative estimate of drug-likeness (QED) is 0.835. The van der Waals surface area contributed by atoms with Gasteiger partial charge in [-0.05, 0) is 49.8 Å². The van der Waals surface area contributed by atoms with E-state index in [-0.39, 0.29) is 5.91 Å². The second-order valence-electron chi connectivity index (χ2n) is 7.20. The van der Waals surface area contributed by atoms with Crippen LogP contribution >= 0.6 is 0 Å². The number of carbonyl (C=O) groups excluding carboxylic acids is 1. The Kier molecular flexibility index (Phi) is 6.13. The summed E-state index contributed by atoms with van der Waals surface area (Å²) in [6.45, 7) is 3.21. The number of para-hydroxylation sites is 1. The van der Waals surface area contributed by atoms with Crippen molar-refractivity contribution in [3.8, 4) is 5.75 Å². The first-order chi connectivity index (χ1) is 11.8. The van der Waals surface area contributed by atoms with Gasteiger partial charge in [-0.2, -0.15) is 0 Å². The number of ether oxygens (including phenoxy) is 1. The summed E-state index contributed by atoms with van der Waals surface area (Å²) in [5.41, 5.74) is 1.10. The van der Waals surface area contributed by atoms with Crippen molar-refractivity contribution < 1.29 is 9.53 Å². The van der Waals surface area contributed by atoms with E-state index in [1.165, 1.54) is 38.6 Å². The first-order valence-corrected chi connectivity index (χ1v) is 9.39. The van der Waals surface area contributed by atoms with Crippen molar-refractivity contribution in [3.05, 3.63) is 29.8 Å². The van der Waals surface area contributed by atoms with Crippen LogP contribution < -0.4 is 10.1 Å². The Morgan fingerprint density at radius 1 is 1.25 bits per heavy atom. The van der Waals surface area contributed by atoms with Crippen LogP contribution in [-0.4, -0.2) is 43.6 Å². The van der Waals surface area contributed by atoms with Crippen LogP contribution in [0.15, 0.2) is 24.3 Å². The third kappa shape index (κ3) is 4.50. The molecule has 1 N–H and O–H groups in total. The summed E-state index contributed by atoms with van der Waals surface area (Å²) in [6, 6.07) is 8.74. The second kappa shape index (κ2) is 8.52. The fourth-order valence-electron chi connectivity index (χ4n) is 4.13.